The van der Waals surface area contributed by atoms with E-state index in [1.807, 2.05) is 0 Å². The Kier molecular flexibility index (Phi) is 14.4. The molecule has 0 radical (unpaired) electrons. The largest absolute Gasteiger partial charge is 0.503 e. The summed E-state index contributed by atoms with van der Waals surface area (Å²) in [6.45, 7) is 4.65. The van der Waals surface area contributed by atoms with Crippen LogP contribution in [0.4, 0.5) is 4.79 Å². The highest BCUT2D eigenvalue weighted by Crippen LogP contribution is 1.83. The summed E-state index contributed by atoms with van der Waals surface area (Å²) in [4.78, 5) is 13.0. The van der Waals surface area contributed by atoms with Crippen LogP contribution < -0.4 is 5.32 Å². The zero-order valence-electron chi connectivity index (χ0n) is 11.4. The Balaban J connectivity index is 0. The van der Waals surface area contributed by atoms with Crippen LogP contribution in [0.2, 0.25) is 0 Å². The maximum atomic E-state index is 8.56. The Hall–Kier alpha value is -0.850. The van der Waals surface area contributed by atoms with E-state index in [0.717, 1.165) is 13.1 Å². The molecule has 0 fully saturated rings. The summed E-state index contributed by atoms with van der Waals surface area (Å²) in [5.74, 6) is 0. The monoisotopic (exact) mass is 249 g/mol. The van der Waals surface area contributed by atoms with Crippen LogP contribution in [0.1, 0.15) is 12.8 Å². The molecule has 0 unspecified atom stereocenters. The molecule has 6 nitrogen and oxygen atoms in total. The van der Waals surface area contributed by atoms with Gasteiger partial charge in [0, 0.05) is 0 Å². The number of rotatable bonds is 8. The van der Waals surface area contributed by atoms with Crippen LogP contribution in [0.5, 0.6) is 0 Å². The standard InChI is InChI=1S/C10H25N3.CH2O3/c1-12(2)9-5-7-11-8-6-10-13(3)4;2-1(3)4/h11H,5-10H2,1-4H3;(H2,2,3,4). The summed E-state index contributed by atoms with van der Waals surface area (Å²) < 4.78 is 0. The van der Waals surface area contributed by atoms with Crippen molar-refractivity contribution in [1.29, 1.82) is 0 Å². The first kappa shape index (κ1) is 18.5. The lowest BCUT2D eigenvalue weighted by atomic mass is 10.3. The molecule has 0 aliphatic carbocycles. The SMILES string of the molecule is CN(C)CCCNCCCN(C)C.O=C(O)O. The highest BCUT2D eigenvalue weighted by atomic mass is 16.6. The number of carboxylic acid groups (broad SMARTS) is 2. The van der Waals surface area contributed by atoms with Crippen LogP contribution >= 0.6 is 0 Å². The molecule has 0 aromatic carbocycles. The van der Waals surface area contributed by atoms with Crippen LogP contribution in [0, 0.1) is 0 Å². The van der Waals surface area contributed by atoms with E-state index in [4.69, 9.17) is 15.0 Å². The predicted molar refractivity (Wildman–Crippen MR) is 69.9 cm³/mol. The summed E-state index contributed by atoms with van der Waals surface area (Å²) in [7, 11) is 8.47. The van der Waals surface area contributed by atoms with Crippen LogP contribution in [0.3, 0.4) is 0 Å². The minimum Gasteiger partial charge on any atom is -0.450 e. The van der Waals surface area contributed by atoms with Gasteiger partial charge in [0.15, 0.2) is 0 Å². The van der Waals surface area contributed by atoms with Crippen molar-refractivity contribution in [2.24, 2.45) is 0 Å². The minimum absolute atomic E-state index is 1.14. The third-order valence-corrected chi connectivity index (χ3v) is 1.92. The fraction of sp³-hybridized carbons (Fsp3) is 0.909. The molecule has 0 amide bonds. The molecule has 0 aliphatic heterocycles. The number of hydrogen-bond donors (Lipinski definition) is 3. The maximum absolute atomic E-state index is 8.56. The Morgan fingerprint density at radius 1 is 0.941 bits per heavy atom. The molecule has 0 aromatic heterocycles. The molecule has 0 aliphatic rings. The molecule has 17 heavy (non-hydrogen) atoms. The van der Waals surface area contributed by atoms with Gasteiger partial charge in [-0.3, -0.25) is 0 Å². The lowest BCUT2D eigenvalue weighted by Gasteiger charge is -2.11. The fourth-order valence-corrected chi connectivity index (χ4v) is 1.17. The highest BCUT2D eigenvalue weighted by Gasteiger charge is 1.92. The van der Waals surface area contributed by atoms with Gasteiger partial charge in [0.25, 0.3) is 0 Å². The lowest BCUT2D eigenvalue weighted by molar-refractivity contribution is 0.137. The Labute approximate surface area is 104 Å². The molecule has 0 saturated heterocycles. The smallest absolute Gasteiger partial charge is 0.450 e. The van der Waals surface area contributed by atoms with Crippen molar-refractivity contribution in [3.05, 3.63) is 0 Å². The van der Waals surface area contributed by atoms with E-state index >= 15 is 0 Å². The highest BCUT2D eigenvalue weighted by molar-refractivity contribution is 5.53. The first-order valence-corrected chi connectivity index (χ1v) is 5.78. The van der Waals surface area contributed by atoms with E-state index in [-0.39, 0.29) is 0 Å². The van der Waals surface area contributed by atoms with Crippen LogP contribution in [-0.4, -0.2) is 80.5 Å². The van der Waals surface area contributed by atoms with Crippen molar-refractivity contribution in [1.82, 2.24) is 15.1 Å². The van der Waals surface area contributed by atoms with Crippen molar-refractivity contribution >= 4 is 6.16 Å². The molecule has 0 rings (SSSR count). The summed E-state index contributed by atoms with van der Waals surface area (Å²) in [5.41, 5.74) is 0. The zero-order valence-corrected chi connectivity index (χ0v) is 11.4. The van der Waals surface area contributed by atoms with Crippen LogP contribution in [0.25, 0.3) is 0 Å². The molecule has 0 heterocycles. The average Bonchev–Trinajstić information content (AvgIpc) is 2.14. The van der Waals surface area contributed by atoms with Gasteiger partial charge in [0.2, 0.25) is 0 Å². The van der Waals surface area contributed by atoms with Gasteiger partial charge >= 0.3 is 6.16 Å². The fourth-order valence-electron chi connectivity index (χ4n) is 1.17. The van der Waals surface area contributed by atoms with Crippen molar-refractivity contribution in [2.45, 2.75) is 12.8 Å². The molecular weight excluding hydrogens is 222 g/mol. The van der Waals surface area contributed by atoms with E-state index in [2.05, 4.69) is 43.3 Å². The van der Waals surface area contributed by atoms with Gasteiger partial charge in [-0.1, -0.05) is 0 Å². The second-order valence-corrected chi connectivity index (χ2v) is 4.35. The van der Waals surface area contributed by atoms with E-state index in [1.54, 1.807) is 0 Å². The number of hydrogen-bond acceptors (Lipinski definition) is 4. The van der Waals surface area contributed by atoms with Gasteiger partial charge in [-0.2, -0.15) is 0 Å². The van der Waals surface area contributed by atoms with Crippen molar-refractivity contribution in [3.8, 4) is 0 Å². The summed E-state index contributed by atoms with van der Waals surface area (Å²) in [5, 5.41) is 17.4. The first-order chi connectivity index (χ1) is 7.86. The number of nitrogens with zero attached hydrogens (tertiary/aromatic N) is 2. The number of carbonyl (C=O) groups is 1. The van der Waals surface area contributed by atoms with E-state index in [0.29, 0.717) is 0 Å². The topological polar surface area (TPSA) is 76.0 Å². The summed E-state index contributed by atoms with van der Waals surface area (Å²) >= 11 is 0. The molecule has 0 bridgehead atoms. The molecular formula is C11H27N3O3. The van der Waals surface area contributed by atoms with Crippen molar-refractivity contribution in [3.63, 3.8) is 0 Å². The normalized spacial score (nSPS) is 10.2. The quantitative estimate of drug-likeness (QED) is 0.550. The summed E-state index contributed by atoms with van der Waals surface area (Å²) in [6.07, 6.45) is 0.657. The zero-order chi connectivity index (χ0) is 13.7. The molecule has 3 N–H and O–H groups in total. The predicted octanol–water partition coefficient (Wildman–Crippen LogP) is 0.702. The maximum Gasteiger partial charge on any atom is 0.503 e. The Bertz CT molecular complexity index is 159. The van der Waals surface area contributed by atoms with E-state index in [1.165, 1.54) is 25.9 Å². The number of nitrogens with one attached hydrogen (secondary N) is 1. The van der Waals surface area contributed by atoms with E-state index < -0.39 is 6.16 Å². The van der Waals surface area contributed by atoms with Crippen molar-refractivity contribution in [2.75, 3.05) is 54.4 Å². The second kappa shape index (κ2) is 13.2. The van der Waals surface area contributed by atoms with Gasteiger partial charge in [0.05, 0.1) is 0 Å². The molecule has 6 heteroatoms. The van der Waals surface area contributed by atoms with Gasteiger partial charge in [-0.15, -0.1) is 0 Å². The van der Waals surface area contributed by atoms with E-state index in [9.17, 15) is 0 Å². The molecule has 0 aromatic rings. The Morgan fingerprint density at radius 3 is 1.47 bits per heavy atom. The lowest BCUT2D eigenvalue weighted by Crippen LogP contribution is -2.24. The molecule has 0 saturated carbocycles. The van der Waals surface area contributed by atoms with Gasteiger partial charge in [0.1, 0.15) is 0 Å². The average molecular weight is 249 g/mol. The van der Waals surface area contributed by atoms with Crippen LogP contribution in [0.15, 0.2) is 0 Å². The Morgan fingerprint density at radius 2 is 1.24 bits per heavy atom. The second-order valence-electron chi connectivity index (χ2n) is 4.35. The van der Waals surface area contributed by atoms with Gasteiger partial charge in [-0.05, 0) is 67.2 Å². The molecule has 0 atom stereocenters. The van der Waals surface area contributed by atoms with Gasteiger partial charge < -0.3 is 25.3 Å². The van der Waals surface area contributed by atoms with Gasteiger partial charge in [-0.25, -0.2) is 4.79 Å². The third kappa shape index (κ3) is 31.3. The molecule has 0 spiro atoms. The summed E-state index contributed by atoms with van der Waals surface area (Å²) in [6, 6.07) is 0. The molecule has 104 valence electrons. The third-order valence-electron chi connectivity index (χ3n) is 1.92. The minimum atomic E-state index is -1.83. The van der Waals surface area contributed by atoms with Crippen LogP contribution in [-0.2, 0) is 0 Å². The van der Waals surface area contributed by atoms with Crippen molar-refractivity contribution < 1.29 is 15.0 Å². The first-order valence-electron chi connectivity index (χ1n) is 5.78.